The van der Waals surface area contributed by atoms with Gasteiger partial charge in [0.25, 0.3) is 0 Å². The number of carbonyl (C=O) groups is 2. The third-order valence-corrected chi connectivity index (χ3v) is 6.38. The predicted octanol–water partition coefficient (Wildman–Crippen LogP) is 7.41. The minimum atomic E-state index is -1.06. The molecule has 2 N–H and O–H groups in total. The molecule has 3 aromatic carbocycles. The first-order chi connectivity index (χ1) is 19.2. The molecule has 0 fully saturated rings. The number of pyridine rings is 1. The van der Waals surface area contributed by atoms with E-state index in [-0.39, 0.29) is 53.4 Å². The quantitative estimate of drug-likeness (QED) is 0.195. The second-order valence-electron chi connectivity index (χ2n) is 8.88. The number of ketones is 1. The topological polar surface area (TPSA) is 103 Å². The first kappa shape index (κ1) is 28.3. The molecule has 0 spiro atoms. The van der Waals surface area contributed by atoms with Crippen LogP contribution in [0.4, 0.5) is 18.9 Å². The summed E-state index contributed by atoms with van der Waals surface area (Å²) in [5.74, 6) is -4.00. The van der Waals surface area contributed by atoms with Crippen molar-refractivity contribution in [3.05, 3.63) is 106 Å². The Labute approximate surface area is 232 Å². The highest BCUT2D eigenvalue weighted by molar-refractivity contribution is 6.30. The molecule has 6 nitrogen and oxygen atoms in total. The van der Waals surface area contributed by atoms with Crippen molar-refractivity contribution >= 4 is 29.0 Å². The molecule has 0 unspecified atom stereocenters. The lowest BCUT2D eigenvalue weighted by atomic mass is 9.98. The minimum absolute atomic E-state index is 0.0210. The second kappa shape index (κ2) is 12.5. The molecular weight excluding hydrogens is 543 g/mol. The maximum atomic E-state index is 14.4. The van der Waals surface area contributed by atoms with Crippen LogP contribution in [-0.2, 0) is 11.3 Å². The standard InChI is InChI=1S/C30H21ClF3N3O3/c31-20-5-7-23(25(32)12-20)22-8-6-21(10-18(22)14-35)36-16-19-11-26(33)27(34)13-24(19)17-4-9-28(37-15-17)29(38)2-1-3-30(39)40/h4-13,15,36H,1-3,16H2,(H,39,40). The highest BCUT2D eigenvalue weighted by atomic mass is 35.5. The summed E-state index contributed by atoms with van der Waals surface area (Å²) in [7, 11) is 0. The number of aliphatic carboxylic acids is 1. The van der Waals surface area contributed by atoms with E-state index in [2.05, 4.69) is 10.3 Å². The number of nitriles is 1. The van der Waals surface area contributed by atoms with Crippen LogP contribution in [0.5, 0.6) is 0 Å². The van der Waals surface area contributed by atoms with E-state index in [0.29, 0.717) is 27.9 Å². The Kier molecular flexibility index (Phi) is 8.82. The zero-order chi connectivity index (χ0) is 28.8. The lowest BCUT2D eigenvalue weighted by Gasteiger charge is -2.14. The third-order valence-electron chi connectivity index (χ3n) is 6.15. The molecule has 0 aliphatic heterocycles. The van der Waals surface area contributed by atoms with Gasteiger partial charge in [-0.3, -0.25) is 14.6 Å². The van der Waals surface area contributed by atoms with Gasteiger partial charge in [0, 0.05) is 53.0 Å². The number of carbonyl (C=O) groups excluding carboxylic acids is 1. The fourth-order valence-electron chi connectivity index (χ4n) is 4.14. The first-order valence-electron chi connectivity index (χ1n) is 12.1. The fourth-order valence-corrected chi connectivity index (χ4v) is 4.29. The molecule has 0 amide bonds. The number of aromatic nitrogens is 1. The van der Waals surface area contributed by atoms with Crippen LogP contribution >= 0.6 is 11.6 Å². The van der Waals surface area contributed by atoms with Crippen molar-refractivity contribution in [1.29, 1.82) is 5.26 Å². The van der Waals surface area contributed by atoms with Crippen molar-refractivity contribution in [3.8, 4) is 28.3 Å². The van der Waals surface area contributed by atoms with Crippen molar-refractivity contribution in [1.82, 2.24) is 4.98 Å². The minimum Gasteiger partial charge on any atom is -0.481 e. The smallest absolute Gasteiger partial charge is 0.303 e. The number of benzene rings is 3. The number of carboxylic acid groups (broad SMARTS) is 1. The van der Waals surface area contributed by atoms with E-state index in [0.717, 1.165) is 18.2 Å². The number of hydrogen-bond acceptors (Lipinski definition) is 5. The molecule has 4 aromatic rings. The van der Waals surface area contributed by atoms with Gasteiger partial charge in [0.05, 0.1) is 11.6 Å². The molecule has 40 heavy (non-hydrogen) atoms. The molecule has 4 rings (SSSR count). The Balaban J connectivity index is 1.56. The lowest BCUT2D eigenvalue weighted by molar-refractivity contribution is -0.137. The molecule has 0 aliphatic carbocycles. The first-order valence-corrected chi connectivity index (χ1v) is 12.5. The Morgan fingerprint density at radius 2 is 1.65 bits per heavy atom. The Morgan fingerprint density at radius 3 is 2.33 bits per heavy atom. The average Bonchev–Trinajstić information content (AvgIpc) is 2.93. The summed E-state index contributed by atoms with van der Waals surface area (Å²) in [5, 5.41) is 21.7. The SMILES string of the molecule is N#Cc1cc(NCc2cc(F)c(F)cc2-c2ccc(C(=O)CCCC(=O)O)nc2)ccc1-c1ccc(Cl)cc1F. The highest BCUT2D eigenvalue weighted by Crippen LogP contribution is 2.31. The van der Waals surface area contributed by atoms with E-state index >= 15 is 0 Å². The maximum absolute atomic E-state index is 14.4. The lowest BCUT2D eigenvalue weighted by Crippen LogP contribution is -2.05. The number of anilines is 1. The summed E-state index contributed by atoms with van der Waals surface area (Å²) in [6.07, 6.45) is 1.43. The number of nitrogens with zero attached hydrogens (tertiary/aromatic N) is 2. The van der Waals surface area contributed by atoms with Crippen molar-refractivity contribution in [3.63, 3.8) is 0 Å². The Bertz CT molecular complexity index is 1640. The molecule has 1 aromatic heterocycles. The second-order valence-corrected chi connectivity index (χ2v) is 9.31. The molecule has 0 aliphatic rings. The largest absolute Gasteiger partial charge is 0.481 e. The van der Waals surface area contributed by atoms with Gasteiger partial charge >= 0.3 is 5.97 Å². The van der Waals surface area contributed by atoms with Crippen molar-refractivity contribution in [2.45, 2.75) is 25.8 Å². The average molecular weight is 564 g/mol. The summed E-state index contributed by atoms with van der Waals surface area (Å²) in [4.78, 5) is 27.1. The van der Waals surface area contributed by atoms with E-state index in [4.69, 9.17) is 16.7 Å². The van der Waals surface area contributed by atoms with Gasteiger partial charge in [-0.2, -0.15) is 5.26 Å². The molecule has 0 saturated carbocycles. The number of nitrogens with one attached hydrogen (secondary N) is 1. The van der Waals surface area contributed by atoms with Gasteiger partial charge in [0.2, 0.25) is 0 Å². The third kappa shape index (κ3) is 6.65. The number of halogens is 4. The van der Waals surface area contributed by atoms with Gasteiger partial charge in [-0.05, 0) is 66.1 Å². The molecule has 202 valence electrons. The summed E-state index contributed by atoms with van der Waals surface area (Å²) in [6.45, 7) is 0.0436. The van der Waals surface area contributed by atoms with Gasteiger partial charge < -0.3 is 10.4 Å². The van der Waals surface area contributed by atoms with Crippen LogP contribution < -0.4 is 5.32 Å². The van der Waals surface area contributed by atoms with Gasteiger partial charge in [-0.1, -0.05) is 23.7 Å². The molecular formula is C30H21ClF3N3O3. The Morgan fingerprint density at radius 1 is 0.900 bits per heavy atom. The molecule has 0 radical (unpaired) electrons. The molecule has 10 heteroatoms. The zero-order valence-electron chi connectivity index (χ0n) is 20.8. The van der Waals surface area contributed by atoms with Gasteiger partial charge in [0.1, 0.15) is 11.5 Å². The van der Waals surface area contributed by atoms with Gasteiger partial charge in [0.15, 0.2) is 17.4 Å². The number of Topliss-reactive ketones (excluding diaryl/α,β-unsaturated/α-hetero) is 1. The highest BCUT2D eigenvalue weighted by Gasteiger charge is 2.15. The summed E-state index contributed by atoms with van der Waals surface area (Å²) in [6, 6.07) is 16.0. The summed E-state index contributed by atoms with van der Waals surface area (Å²) >= 11 is 5.83. The van der Waals surface area contributed by atoms with Crippen molar-refractivity contribution in [2.75, 3.05) is 5.32 Å². The van der Waals surface area contributed by atoms with Gasteiger partial charge in [-0.15, -0.1) is 0 Å². The van der Waals surface area contributed by atoms with Crippen molar-refractivity contribution < 1.29 is 27.9 Å². The number of rotatable bonds is 10. The predicted molar refractivity (Wildman–Crippen MR) is 144 cm³/mol. The van der Waals surface area contributed by atoms with Crippen LogP contribution in [0.3, 0.4) is 0 Å². The molecule has 0 bridgehead atoms. The Hall–Kier alpha value is -4.68. The number of hydrogen-bond donors (Lipinski definition) is 2. The van der Waals surface area contributed by atoms with Crippen LogP contribution in [0.25, 0.3) is 22.3 Å². The van der Waals surface area contributed by atoms with Crippen LogP contribution in [0.1, 0.15) is 40.9 Å². The van der Waals surface area contributed by atoms with E-state index in [9.17, 15) is 28.0 Å². The monoisotopic (exact) mass is 563 g/mol. The molecule has 1 heterocycles. The summed E-state index contributed by atoms with van der Waals surface area (Å²) < 4.78 is 42.8. The van der Waals surface area contributed by atoms with Crippen LogP contribution in [0, 0.1) is 28.8 Å². The van der Waals surface area contributed by atoms with Crippen LogP contribution in [-0.4, -0.2) is 21.8 Å². The molecule has 0 atom stereocenters. The summed E-state index contributed by atoms with van der Waals surface area (Å²) in [5.41, 5.74) is 2.57. The number of carboxylic acids is 1. The zero-order valence-corrected chi connectivity index (χ0v) is 21.6. The maximum Gasteiger partial charge on any atom is 0.303 e. The molecule has 0 saturated heterocycles. The van der Waals surface area contributed by atoms with E-state index in [1.165, 1.54) is 30.5 Å². The fraction of sp³-hybridized carbons (Fsp3) is 0.133. The van der Waals surface area contributed by atoms with Crippen LogP contribution in [0.2, 0.25) is 5.02 Å². The van der Waals surface area contributed by atoms with Gasteiger partial charge in [-0.25, -0.2) is 13.2 Å². The van der Waals surface area contributed by atoms with E-state index in [1.807, 2.05) is 6.07 Å². The van der Waals surface area contributed by atoms with E-state index < -0.39 is 23.4 Å². The van der Waals surface area contributed by atoms with E-state index in [1.54, 1.807) is 18.2 Å². The normalized spacial score (nSPS) is 10.7. The van der Waals surface area contributed by atoms with Crippen molar-refractivity contribution in [2.24, 2.45) is 0 Å². The van der Waals surface area contributed by atoms with Crippen LogP contribution in [0.15, 0.2) is 66.9 Å².